The molecule has 164 valence electrons. The van der Waals surface area contributed by atoms with E-state index in [0.29, 0.717) is 42.2 Å². The summed E-state index contributed by atoms with van der Waals surface area (Å²) < 4.78 is 16.7. The number of esters is 1. The first-order valence-electron chi connectivity index (χ1n) is 11.4. The molecule has 5 aliphatic rings. The minimum atomic E-state index is -0.330. The van der Waals surface area contributed by atoms with Crippen LogP contribution in [-0.2, 0) is 14.3 Å². The molecule has 0 atom stereocenters. The van der Waals surface area contributed by atoms with Crippen LogP contribution in [0.5, 0.6) is 11.5 Å². The molecule has 1 heterocycles. The van der Waals surface area contributed by atoms with Gasteiger partial charge in [-0.25, -0.2) is 0 Å². The Morgan fingerprint density at radius 1 is 1.03 bits per heavy atom. The monoisotopic (exact) mass is 424 g/mol. The first-order valence-corrected chi connectivity index (χ1v) is 11.4. The minimum absolute atomic E-state index is 0.0533. The third-order valence-electron chi connectivity index (χ3n) is 7.42. The molecule has 4 fully saturated rings. The molecular weight excluding hydrogens is 396 g/mol. The molecule has 1 aromatic rings. The van der Waals surface area contributed by atoms with Gasteiger partial charge < -0.3 is 19.1 Å². The summed E-state index contributed by atoms with van der Waals surface area (Å²) in [4.78, 5) is 27.4. The number of benzene rings is 1. The van der Waals surface area contributed by atoms with E-state index in [9.17, 15) is 9.59 Å². The SMILES string of the molecule is N#CCCN(C(=O)COC(=O)C1C2CC3CC(C2)CC1C3)c1ccc2c(c1)OCCO2. The number of anilines is 1. The molecule has 1 amide bonds. The van der Waals surface area contributed by atoms with Crippen LogP contribution in [0.4, 0.5) is 5.69 Å². The number of ether oxygens (including phenoxy) is 3. The van der Waals surface area contributed by atoms with Gasteiger partial charge in [-0.15, -0.1) is 0 Å². The van der Waals surface area contributed by atoms with E-state index in [2.05, 4.69) is 6.07 Å². The highest BCUT2D eigenvalue weighted by atomic mass is 16.6. The van der Waals surface area contributed by atoms with Crippen LogP contribution in [0.15, 0.2) is 18.2 Å². The molecule has 0 saturated heterocycles. The maximum absolute atomic E-state index is 13.0. The van der Waals surface area contributed by atoms with Crippen molar-refractivity contribution in [3.8, 4) is 17.6 Å². The van der Waals surface area contributed by atoms with Crippen LogP contribution in [0, 0.1) is 40.9 Å². The summed E-state index contributed by atoms with van der Waals surface area (Å²) in [5.74, 6) is 3.02. The van der Waals surface area contributed by atoms with Crippen molar-refractivity contribution in [1.82, 2.24) is 0 Å². The van der Waals surface area contributed by atoms with E-state index < -0.39 is 0 Å². The summed E-state index contributed by atoms with van der Waals surface area (Å²) in [6.07, 6.45) is 6.04. The normalized spacial score (nSPS) is 29.8. The highest BCUT2D eigenvalue weighted by molar-refractivity contribution is 5.95. The van der Waals surface area contributed by atoms with E-state index in [1.807, 2.05) is 0 Å². The van der Waals surface area contributed by atoms with Gasteiger partial charge in [0.2, 0.25) is 0 Å². The fourth-order valence-electron chi connectivity index (χ4n) is 6.38. The number of hydrogen-bond acceptors (Lipinski definition) is 6. The molecule has 4 bridgehead atoms. The van der Waals surface area contributed by atoms with Crippen molar-refractivity contribution in [3.63, 3.8) is 0 Å². The Kier molecular flexibility index (Phi) is 5.47. The average molecular weight is 424 g/mol. The fourth-order valence-corrected chi connectivity index (χ4v) is 6.38. The lowest BCUT2D eigenvalue weighted by molar-refractivity contribution is -0.164. The number of carbonyl (C=O) groups is 2. The molecule has 0 unspecified atom stereocenters. The number of amides is 1. The Bertz CT molecular complexity index is 880. The molecular formula is C24H28N2O5. The number of nitriles is 1. The van der Waals surface area contributed by atoms with Gasteiger partial charge in [-0.3, -0.25) is 9.59 Å². The van der Waals surface area contributed by atoms with Crippen LogP contribution in [-0.4, -0.2) is 38.2 Å². The standard InChI is InChI=1S/C24H28N2O5/c25-4-1-5-26(19-2-3-20-21(13-19)30-7-6-29-20)22(27)14-31-24(28)23-17-9-15-8-16(11-17)12-18(23)10-15/h2-3,13,15-18,23H,1,5-12,14H2. The molecule has 4 aliphatic carbocycles. The number of carbonyl (C=O) groups excluding carboxylic acids is 2. The second-order valence-corrected chi connectivity index (χ2v) is 9.35. The Hall–Kier alpha value is -2.75. The molecule has 0 radical (unpaired) electrons. The lowest BCUT2D eigenvalue weighted by atomic mass is 9.52. The molecule has 7 nitrogen and oxygen atoms in total. The zero-order chi connectivity index (χ0) is 21.4. The van der Waals surface area contributed by atoms with E-state index in [1.54, 1.807) is 18.2 Å². The smallest absolute Gasteiger partial charge is 0.310 e. The summed E-state index contributed by atoms with van der Waals surface area (Å²) in [6, 6.07) is 7.35. The summed E-state index contributed by atoms with van der Waals surface area (Å²) in [6.45, 7) is 0.863. The quantitative estimate of drug-likeness (QED) is 0.651. The number of fused-ring (bicyclic) bond motifs is 1. The molecule has 6 rings (SSSR count). The van der Waals surface area contributed by atoms with Gasteiger partial charge in [-0.1, -0.05) is 0 Å². The molecule has 4 saturated carbocycles. The van der Waals surface area contributed by atoms with Crippen LogP contribution in [0.3, 0.4) is 0 Å². The van der Waals surface area contributed by atoms with Crippen LogP contribution >= 0.6 is 0 Å². The lowest BCUT2D eigenvalue weighted by Gasteiger charge is -2.53. The third-order valence-corrected chi connectivity index (χ3v) is 7.42. The minimum Gasteiger partial charge on any atom is -0.486 e. The van der Waals surface area contributed by atoms with Crippen molar-refractivity contribution in [2.24, 2.45) is 29.6 Å². The summed E-state index contributed by atoms with van der Waals surface area (Å²) in [5, 5.41) is 9.02. The van der Waals surface area contributed by atoms with Gasteiger partial charge in [-0.05, 0) is 67.9 Å². The molecule has 1 aliphatic heterocycles. The van der Waals surface area contributed by atoms with Crippen molar-refractivity contribution in [1.29, 1.82) is 5.26 Å². The predicted molar refractivity (Wildman–Crippen MR) is 112 cm³/mol. The van der Waals surface area contributed by atoms with E-state index in [0.717, 1.165) is 37.5 Å². The van der Waals surface area contributed by atoms with Gasteiger partial charge in [0, 0.05) is 18.3 Å². The zero-order valence-electron chi connectivity index (χ0n) is 17.6. The summed E-state index contributed by atoms with van der Waals surface area (Å²) in [7, 11) is 0. The maximum atomic E-state index is 13.0. The maximum Gasteiger partial charge on any atom is 0.310 e. The average Bonchev–Trinajstić information content (AvgIpc) is 2.77. The second kappa shape index (κ2) is 8.41. The van der Waals surface area contributed by atoms with Crippen molar-refractivity contribution < 1.29 is 23.8 Å². The highest BCUT2D eigenvalue weighted by Crippen LogP contribution is 2.56. The Morgan fingerprint density at radius 3 is 2.39 bits per heavy atom. The van der Waals surface area contributed by atoms with Gasteiger partial charge in [-0.2, -0.15) is 5.26 Å². The number of hydrogen-bond donors (Lipinski definition) is 0. The predicted octanol–water partition coefficient (Wildman–Crippen LogP) is 3.32. The van der Waals surface area contributed by atoms with Crippen LogP contribution < -0.4 is 14.4 Å². The summed E-state index contributed by atoms with van der Waals surface area (Å²) >= 11 is 0. The number of nitrogens with zero attached hydrogens (tertiary/aromatic N) is 2. The first kappa shape index (κ1) is 20.2. The number of rotatable bonds is 6. The van der Waals surface area contributed by atoms with Gasteiger partial charge in [0.15, 0.2) is 18.1 Å². The molecule has 1 aromatic carbocycles. The van der Waals surface area contributed by atoms with Crippen molar-refractivity contribution in [3.05, 3.63) is 18.2 Å². The topological polar surface area (TPSA) is 88.9 Å². The largest absolute Gasteiger partial charge is 0.486 e. The molecule has 0 spiro atoms. The third kappa shape index (κ3) is 3.96. The summed E-state index contributed by atoms with van der Waals surface area (Å²) in [5.41, 5.74) is 0.607. The Labute approximate surface area is 182 Å². The van der Waals surface area contributed by atoms with Gasteiger partial charge >= 0.3 is 5.97 Å². The fraction of sp³-hybridized carbons (Fsp3) is 0.625. The van der Waals surface area contributed by atoms with Crippen molar-refractivity contribution in [2.45, 2.75) is 38.5 Å². The zero-order valence-corrected chi connectivity index (χ0v) is 17.6. The molecule has 31 heavy (non-hydrogen) atoms. The van der Waals surface area contributed by atoms with E-state index >= 15 is 0 Å². The van der Waals surface area contributed by atoms with Gasteiger partial charge in [0.1, 0.15) is 13.2 Å². The van der Waals surface area contributed by atoms with Crippen LogP contribution in [0.2, 0.25) is 0 Å². The Morgan fingerprint density at radius 2 is 1.71 bits per heavy atom. The van der Waals surface area contributed by atoms with Gasteiger partial charge in [0.25, 0.3) is 5.91 Å². The molecule has 0 aromatic heterocycles. The lowest BCUT2D eigenvalue weighted by Crippen LogP contribution is -2.49. The second-order valence-electron chi connectivity index (χ2n) is 9.35. The molecule has 7 heteroatoms. The van der Waals surface area contributed by atoms with Crippen LogP contribution in [0.1, 0.15) is 38.5 Å². The van der Waals surface area contributed by atoms with Crippen molar-refractivity contribution >= 4 is 17.6 Å². The Balaban J connectivity index is 1.25. The first-order chi connectivity index (χ1) is 15.1. The van der Waals surface area contributed by atoms with Crippen molar-refractivity contribution in [2.75, 3.05) is 31.3 Å². The van der Waals surface area contributed by atoms with E-state index in [1.165, 1.54) is 11.3 Å². The highest BCUT2D eigenvalue weighted by Gasteiger charge is 2.51. The van der Waals surface area contributed by atoms with Crippen LogP contribution in [0.25, 0.3) is 0 Å². The van der Waals surface area contributed by atoms with Gasteiger partial charge in [0.05, 0.1) is 18.4 Å². The van der Waals surface area contributed by atoms with E-state index in [-0.39, 0.29) is 37.4 Å². The van der Waals surface area contributed by atoms with E-state index in [4.69, 9.17) is 19.5 Å². The molecule has 0 N–H and O–H groups in total.